The molecule has 8 heterocycles. The van der Waals surface area contributed by atoms with E-state index in [4.69, 9.17) is 42.1 Å². The second-order valence-electron chi connectivity index (χ2n) is 26.5. The number of alkyl halides is 2. The summed E-state index contributed by atoms with van der Waals surface area (Å²) in [4.78, 5) is 58.2. The van der Waals surface area contributed by atoms with Gasteiger partial charge in [-0.15, -0.1) is 20.4 Å². The van der Waals surface area contributed by atoms with Crippen LogP contribution in [-0.4, -0.2) is 109 Å². The van der Waals surface area contributed by atoms with Gasteiger partial charge in [0.25, 0.3) is 29.6 Å². The van der Waals surface area contributed by atoms with Crippen LogP contribution in [0.4, 0.5) is 8.78 Å². The van der Waals surface area contributed by atoms with Gasteiger partial charge in [0, 0.05) is 84.6 Å². The molecule has 0 atom stereocenters. The summed E-state index contributed by atoms with van der Waals surface area (Å²) < 4.78 is 58.5. The van der Waals surface area contributed by atoms with Crippen LogP contribution in [0.1, 0.15) is 118 Å². The van der Waals surface area contributed by atoms with E-state index < -0.39 is 11.8 Å². The first-order valence-electron chi connectivity index (χ1n) is 35.6. The number of rotatable bonds is 17. The van der Waals surface area contributed by atoms with Crippen LogP contribution in [0.2, 0.25) is 10.0 Å². The smallest absolute Gasteiger partial charge is 0.271 e. The van der Waals surface area contributed by atoms with Crippen LogP contribution in [0, 0.1) is 13.8 Å². The van der Waals surface area contributed by atoms with Crippen LogP contribution >= 0.6 is 23.2 Å². The van der Waals surface area contributed by atoms with E-state index >= 15 is 0 Å². The number of benzene rings is 8. The summed E-state index contributed by atoms with van der Waals surface area (Å²) in [6.07, 6.45) is 0. The Balaban J connectivity index is 0.000000135. The van der Waals surface area contributed by atoms with Crippen molar-refractivity contribution < 1.29 is 46.9 Å². The number of nitrogens with zero attached hydrogens (tertiary/aromatic N) is 12. The quantitative estimate of drug-likeness (QED) is 0.0840. The average molecular weight is 1510 g/mol. The third-order valence-electron chi connectivity index (χ3n) is 18.6. The van der Waals surface area contributed by atoms with E-state index in [9.17, 15) is 28.0 Å². The Kier molecular flexibility index (Phi) is 25.1. The summed E-state index contributed by atoms with van der Waals surface area (Å²) in [7, 11) is 0. The Morgan fingerprint density at radius 3 is 1.06 bits per heavy atom. The number of carbonyl (C=O) groups is 4. The number of aryl methyl sites for hydroxylation is 2. The van der Waals surface area contributed by atoms with Crippen LogP contribution in [0.3, 0.4) is 0 Å². The monoisotopic (exact) mass is 1510 g/mol. The maximum Gasteiger partial charge on any atom is 0.271 e. The number of fused-ring (bicyclic) bond motifs is 4. The highest BCUT2D eigenvalue weighted by molar-refractivity contribution is 6.33. The van der Waals surface area contributed by atoms with Crippen molar-refractivity contribution in [3.63, 3.8) is 0 Å². The van der Waals surface area contributed by atoms with Gasteiger partial charge in [-0.25, -0.2) is 8.78 Å². The fraction of sp³-hybridized carbons (Fsp3) is 0.247. The zero-order valence-corrected chi connectivity index (χ0v) is 61.5. The minimum atomic E-state index is -3.08. The van der Waals surface area contributed by atoms with Crippen molar-refractivity contribution in [3.8, 4) is 23.5 Å². The molecule has 4 aromatic heterocycles. The van der Waals surface area contributed by atoms with Crippen LogP contribution in [-0.2, 0) is 84.7 Å². The Bertz CT molecular complexity index is 5090. The van der Waals surface area contributed by atoms with Crippen LogP contribution in [0.5, 0.6) is 23.5 Å². The first-order valence-corrected chi connectivity index (χ1v) is 36.3. The minimum Gasteiger partial charge on any atom is -0.472 e. The summed E-state index contributed by atoms with van der Waals surface area (Å²) in [5.74, 6) is -1.24. The molecule has 0 aliphatic carbocycles. The van der Waals surface area contributed by atoms with Crippen molar-refractivity contribution in [1.82, 2.24) is 58.7 Å². The molecule has 0 saturated carbocycles. The third kappa shape index (κ3) is 19.8. The summed E-state index contributed by atoms with van der Waals surface area (Å²) in [5.41, 5.74) is 11.8. The molecule has 0 radical (unpaired) electrons. The van der Waals surface area contributed by atoms with E-state index in [1.54, 1.807) is 44.8 Å². The van der Waals surface area contributed by atoms with Gasteiger partial charge in [0.05, 0.1) is 85.7 Å². The molecule has 109 heavy (non-hydrogen) atoms. The molecule has 16 rings (SSSR count). The van der Waals surface area contributed by atoms with Crippen molar-refractivity contribution in [3.05, 3.63) is 331 Å². The molecule has 4 aliphatic heterocycles. The van der Waals surface area contributed by atoms with Gasteiger partial charge in [0.2, 0.25) is 23.5 Å². The lowest BCUT2D eigenvalue weighted by molar-refractivity contribution is 0.0155. The predicted molar refractivity (Wildman–Crippen MR) is 413 cm³/mol. The highest BCUT2D eigenvalue weighted by Crippen LogP contribution is 2.33. The Labute approximate surface area is 642 Å². The molecule has 0 unspecified atom stereocenters. The second kappa shape index (κ2) is 35.7. The number of amides is 4. The minimum absolute atomic E-state index is 0. The van der Waals surface area contributed by atoms with E-state index in [0.29, 0.717) is 150 Å². The summed E-state index contributed by atoms with van der Waals surface area (Å²) in [6, 6.07) is 73.4. The maximum atomic E-state index is 13.9. The second-order valence-corrected chi connectivity index (χ2v) is 27.4. The van der Waals surface area contributed by atoms with Gasteiger partial charge < -0.3 is 38.5 Å². The molecule has 0 saturated heterocycles. The fourth-order valence-corrected chi connectivity index (χ4v) is 13.2. The summed E-state index contributed by atoms with van der Waals surface area (Å²) >= 11 is 12.3. The number of hydrogen-bond acceptors (Lipinski definition) is 12. The number of hydrogen-bond donors (Lipinski definition) is 0. The number of halogens is 4. The highest BCUT2D eigenvalue weighted by atomic mass is 35.5. The van der Waals surface area contributed by atoms with Gasteiger partial charge in [0.15, 0.2) is 0 Å². The number of carbonyl (C=O) groups excluding carboxylic acids is 4. The number of aromatic nitrogens is 8. The van der Waals surface area contributed by atoms with E-state index in [1.807, 2.05) is 226 Å². The molecule has 0 fully saturated rings. The van der Waals surface area contributed by atoms with Gasteiger partial charge in [-0.1, -0.05) is 206 Å². The zero-order chi connectivity index (χ0) is 75.1. The van der Waals surface area contributed by atoms with Crippen LogP contribution in [0.25, 0.3) is 0 Å². The summed E-state index contributed by atoms with van der Waals surface area (Å²) in [6.45, 7) is 13.1. The molecule has 4 aliphatic rings. The highest BCUT2D eigenvalue weighted by Gasteiger charge is 2.34. The molecule has 12 aromatic rings. The molecule has 560 valence electrons. The molecular weight excluding hydrogens is 1430 g/mol. The van der Waals surface area contributed by atoms with Crippen LogP contribution in [0.15, 0.2) is 237 Å². The van der Waals surface area contributed by atoms with Crippen molar-refractivity contribution in [2.24, 2.45) is 0 Å². The van der Waals surface area contributed by atoms with Gasteiger partial charge >= 0.3 is 0 Å². The molecule has 0 N–H and O–H groups in total. The molecule has 0 spiro atoms. The van der Waals surface area contributed by atoms with Gasteiger partial charge in [-0.3, -0.25) is 37.9 Å². The van der Waals surface area contributed by atoms with Crippen molar-refractivity contribution in [2.45, 2.75) is 113 Å². The summed E-state index contributed by atoms with van der Waals surface area (Å²) in [5, 5.41) is 19.0. The molecule has 24 heteroatoms. The lowest BCUT2D eigenvalue weighted by atomic mass is 10.0. The number of ether oxygens (including phenoxy) is 4. The van der Waals surface area contributed by atoms with E-state index in [0.717, 1.165) is 68.6 Å². The van der Waals surface area contributed by atoms with Gasteiger partial charge in [0.1, 0.15) is 26.4 Å². The van der Waals surface area contributed by atoms with E-state index in [2.05, 4.69) is 20.4 Å². The molecule has 20 nitrogen and oxygen atoms in total. The molecule has 4 amide bonds. The van der Waals surface area contributed by atoms with Crippen molar-refractivity contribution in [1.29, 1.82) is 0 Å². The SMILES string of the molecule is C.CC(F)(F)c1ccccc1C(=O)N1CCn2nc(OCc3ccccc3)cc2C1.Cc1ccc(C(=O)N2CCn3nc(OCc4ccccc4)cc3C2)cc1Cl.Cc1cccc(C(=O)N2CCn3nc(OCc4ccccc4)cc3C2)c1.O=C(c1ccccc1Cl)N1CCn2nc(OCc3ccccc3)cc2C1. The Morgan fingerprint density at radius 2 is 0.697 bits per heavy atom. The molecular formula is C85H84Cl2F2N12O8. The predicted octanol–water partition coefficient (Wildman–Crippen LogP) is 16.1. The lowest BCUT2D eigenvalue weighted by Crippen LogP contribution is -2.39. The fourth-order valence-electron chi connectivity index (χ4n) is 12.8. The standard InChI is InChI=1S/C22H21F2N3O2.C21H20ClN3O2.C21H21N3O2.C20H18ClN3O2.CH4/c1-22(23,24)19-10-6-5-9-18(19)21(28)26-11-12-27-17(14-26)13-20(25-27)29-15-16-7-3-2-4-8-16;1-15-7-8-17(11-19(15)22)21(26)24-9-10-25-18(13-24)12-20(23-25)27-14-16-5-3-2-4-6-16;1-16-6-5-9-18(12-16)21(25)23-10-11-24-19(14-23)13-20(22-24)26-15-17-7-3-2-4-8-17;21-18-9-5-4-8-17(18)20(25)23-10-11-24-16(13-23)12-19(22-24)26-14-15-6-2-1-3-7-15;/h2-10,13H,11-12,14-15H2,1H3;2-8,11-12H,9-10,13-14H2,1H3;2-9,12-13H,10-11,14-15H2,1H3;1-9,12H,10-11,13-14H2;1H4. The largest absolute Gasteiger partial charge is 0.472 e. The zero-order valence-electron chi connectivity index (χ0n) is 60.0. The van der Waals surface area contributed by atoms with Gasteiger partial charge in [-0.05, 0) is 84.1 Å². The van der Waals surface area contributed by atoms with Crippen molar-refractivity contribution in [2.75, 3.05) is 26.2 Å². The van der Waals surface area contributed by atoms with Crippen LogP contribution < -0.4 is 18.9 Å². The molecule has 0 bridgehead atoms. The lowest BCUT2D eigenvalue weighted by Gasteiger charge is -2.28. The van der Waals surface area contributed by atoms with Gasteiger partial charge in [-0.2, -0.15) is 0 Å². The molecule has 8 aromatic carbocycles. The van der Waals surface area contributed by atoms with Crippen molar-refractivity contribution >= 4 is 46.8 Å². The normalized spacial score (nSPS) is 13.3. The van der Waals surface area contributed by atoms with E-state index in [1.165, 1.54) is 18.2 Å². The van der Waals surface area contributed by atoms with E-state index in [-0.39, 0.29) is 36.3 Å². The average Bonchev–Trinajstić information content (AvgIpc) is 1.72. The first kappa shape index (κ1) is 76.8. The third-order valence-corrected chi connectivity index (χ3v) is 19.3. The Morgan fingerprint density at radius 1 is 0.367 bits per heavy atom. The topological polar surface area (TPSA) is 189 Å². The maximum absolute atomic E-state index is 13.9. The Hall–Kier alpha value is -11.9. The first-order chi connectivity index (χ1) is 52.4.